The fourth-order valence-corrected chi connectivity index (χ4v) is 2.49. The van der Waals surface area contributed by atoms with Crippen LogP contribution in [0.2, 0.25) is 0 Å². The molecule has 0 aromatic heterocycles. The minimum Gasteiger partial charge on any atom is -0.354 e. The van der Waals surface area contributed by atoms with Gasteiger partial charge in [-0.25, -0.2) is 0 Å². The molecular formula is C10H18N2O. The largest absolute Gasteiger partial charge is 0.354 e. The molecule has 2 aliphatic rings. The maximum absolute atomic E-state index is 10.8. The molecular weight excluding hydrogens is 164 g/mol. The molecule has 0 unspecified atom stereocenters. The SMILES string of the molecule is CC(=O)NC1CCC2(CC1)CNC2. The molecule has 0 aromatic rings. The number of hydrogen-bond donors (Lipinski definition) is 2. The summed E-state index contributed by atoms with van der Waals surface area (Å²) in [6.07, 6.45) is 4.90. The van der Waals surface area contributed by atoms with Gasteiger partial charge in [0.1, 0.15) is 0 Å². The van der Waals surface area contributed by atoms with E-state index in [1.165, 1.54) is 38.8 Å². The molecule has 3 heteroatoms. The van der Waals surface area contributed by atoms with E-state index in [2.05, 4.69) is 10.6 Å². The van der Waals surface area contributed by atoms with Crippen LogP contribution in [0.25, 0.3) is 0 Å². The third-order valence-electron chi connectivity index (χ3n) is 3.45. The predicted molar refractivity (Wildman–Crippen MR) is 51.4 cm³/mol. The van der Waals surface area contributed by atoms with Crippen LogP contribution < -0.4 is 10.6 Å². The van der Waals surface area contributed by atoms with Gasteiger partial charge >= 0.3 is 0 Å². The number of carbonyl (C=O) groups is 1. The average molecular weight is 182 g/mol. The van der Waals surface area contributed by atoms with Crippen molar-refractivity contribution in [2.24, 2.45) is 5.41 Å². The monoisotopic (exact) mass is 182 g/mol. The van der Waals surface area contributed by atoms with Gasteiger partial charge in [0, 0.05) is 26.1 Å². The first-order valence-electron chi connectivity index (χ1n) is 5.18. The summed E-state index contributed by atoms with van der Waals surface area (Å²) >= 11 is 0. The van der Waals surface area contributed by atoms with Gasteiger partial charge in [0.05, 0.1) is 0 Å². The molecule has 1 aliphatic heterocycles. The van der Waals surface area contributed by atoms with Crippen molar-refractivity contribution in [1.29, 1.82) is 0 Å². The van der Waals surface area contributed by atoms with Gasteiger partial charge in [0.2, 0.25) is 5.91 Å². The second kappa shape index (κ2) is 3.29. The van der Waals surface area contributed by atoms with Crippen molar-refractivity contribution in [3.8, 4) is 0 Å². The minimum atomic E-state index is 0.118. The van der Waals surface area contributed by atoms with Gasteiger partial charge in [0.15, 0.2) is 0 Å². The summed E-state index contributed by atoms with van der Waals surface area (Å²) in [5, 5.41) is 6.35. The molecule has 0 bridgehead atoms. The van der Waals surface area contributed by atoms with Crippen LogP contribution in [0.3, 0.4) is 0 Å². The average Bonchev–Trinajstić information content (AvgIpc) is 2.02. The molecule has 2 N–H and O–H groups in total. The van der Waals surface area contributed by atoms with Crippen molar-refractivity contribution in [1.82, 2.24) is 10.6 Å². The van der Waals surface area contributed by atoms with Gasteiger partial charge in [-0.3, -0.25) is 4.79 Å². The Kier molecular flexibility index (Phi) is 2.28. The van der Waals surface area contributed by atoms with Crippen LogP contribution in [0.15, 0.2) is 0 Å². The second-order valence-corrected chi connectivity index (χ2v) is 4.58. The topological polar surface area (TPSA) is 41.1 Å². The van der Waals surface area contributed by atoms with Crippen molar-refractivity contribution >= 4 is 5.91 Å². The quantitative estimate of drug-likeness (QED) is 0.625. The van der Waals surface area contributed by atoms with Crippen LogP contribution in [0.1, 0.15) is 32.6 Å². The van der Waals surface area contributed by atoms with Crippen LogP contribution in [-0.4, -0.2) is 25.0 Å². The third-order valence-corrected chi connectivity index (χ3v) is 3.45. The lowest BCUT2D eigenvalue weighted by Crippen LogP contribution is -2.56. The number of nitrogens with one attached hydrogen (secondary N) is 2. The Bertz CT molecular complexity index is 201. The molecule has 1 amide bonds. The Hall–Kier alpha value is -0.570. The smallest absolute Gasteiger partial charge is 0.217 e. The van der Waals surface area contributed by atoms with Crippen LogP contribution in [0.5, 0.6) is 0 Å². The first-order chi connectivity index (χ1) is 6.20. The number of rotatable bonds is 1. The van der Waals surface area contributed by atoms with Crippen LogP contribution >= 0.6 is 0 Å². The molecule has 2 fully saturated rings. The van der Waals surface area contributed by atoms with E-state index < -0.39 is 0 Å². The number of carbonyl (C=O) groups excluding carboxylic acids is 1. The summed E-state index contributed by atoms with van der Waals surface area (Å²) < 4.78 is 0. The van der Waals surface area contributed by atoms with E-state index in [1.54, 1.807) is 6.92 Å². The van der Waals surface area contributed by atoms with E-state index in [1.807, 2.05) is 0 Å². The maximum atomic E-state index is 10.8. The molecule has 13 heavy (non-hydrogen) atoms. The molecule has 1 saturated carbocycles. The highest BCUT2D eigenvalue weighted by atomic mass is 16.1. The van der Waals surface area contributed by atoms with E-state index >= 15 is 0 Å². The zero-order valence-corrected chi connectivity index (χ0v) is 8.23. The standard InChI is InChI=1S/C10H18N2O/c1-8(13)12-9-2-4-10(5-3-9)6-11-7-10/h9,11H,2-7H2,1H3,(H,12,13). The molecule has 0 atom stereocenters. The molecule has 1 heterocycles. The summed E-state index contributed by atoms with van der Waals surface area (Å²) in [5.74, 6) is 0.118. The van der Waals surface area contributed by atoms with Crippen molar-refractivity contribution in [2.45, 2.75) is 38.6 Å². The highest BCUT2D eigenvalue weighted by Gasteiger charge is 2.39. The number of amides is 1. The normalized spacial score (nSPS) is 26.8. The fraction of sp³-hybridized carbons (Fsp3) is 0.900. The Morgan fingerprint density at radius 1 is 1.38 bits per heavy atom. The summed E-state index contributed by atoms with van der Waals surface area (Å²) in [6, 6.07) is 0.448. The molecule has 1 aliphatic carbocycles. The summed E-state index contributed by atoms with van der Waals surface area (Å²) in [5.41, 5.74) is 0.606. The van der Waals surface area contributed by atoms with Gasteiger partial charge in [-0.1, -0.05) is 0 Å². The Balaban J connectivity index is 1.79. The summed E-state index contributed by atoms with van der Waals surface area (Å²) in [6.45, 7) is 3.99. The van der Waals surface area contributed by atoms with Crippen molar-refractivity contribution in [2.75, 3.05) is 13.1 Å². The van der Waals surface area contributed by atoms with E-state index in [0.717, 1.165) is 0 Å². The van der Waals surface area contributed by atoms with Crippen LogP contribution in [0, 0.1) is 5.41 Å². The second-order valence-electron chi connectivity index (χ2n) is 4.58. The Labute approximate surface area is 79.3 Å². The lowest BCUT2D eigenvalue weighted by Gasteiger charge is -2.47. The zero-order chi connectivity index (χ0) is 9.31. The molecule has 3 nitrogen and oxygen atoms in total. The lowest BCUT2D eigenvalue weighted by molar-refractivity contribution is -0.120. The predicted octanol–water partition coefficient (Wildman–Crippen LogP) is 0.655. The Morgan fingerprint density at radius 2 is 2.00 bits per heavy atom. The highest BCUT2D eigenvalue weighted by Crippen LogP contribution is 2.39. The first-order valence-corrected chi connectivity index (χ1v) is 5.18. The Morgan fingerprint density at radius 3 is 2.38 bits per heavy atom. The van der Waals surface area contributed by atoms with Gasteiger partial charge in [-0.05, 0) is 31.1 Å². The van der Waals surface area contributed by atoms with Gasteiger partial charge in [-0.15, -0.1) is 0 Å². The maximum Gasteiger partial charge on any atom is 0.217 e. The van der Waals surface area contributed by atoms with Crippen molar-refractivity contribution < 1.29 is 4.79 Å². The van der Waals surface area contributed by atoms with Crippen molar-refractivity contribution in [3.05, 3.63) is 0 Å². The molecule has 0 aromatic carbocycles. The molecule has 1 saturated heterocycles. The number of hydrogen-bond acceptors (Lipinski definition) is 2. The van der Waals surface area contributed by atoms with E-state index in [-0.39, 0.29) is 5.91 Å². The lowest BCUT2D eigenvalue weighted by atomic mass is 9.68. The van der Waals surface area contributed by atoms with E-state index in [0.29, 0.717) is 11.5 Å². The fourth-order valence-electron chi connectivity index (χ4n) is 2.49. The van der Waals surface area contributed by atoms with E-state index in [4.69, 9.17) is 0 Å². The first kappa shape index (κ1) is 9.00. The highest BCUT2D eigenvalue weighted by molar-refractivity contribution is 5.73. The molecule has 74 valence electrons. The van der Waals surface area contributed by atoms with Crippen LogP contribution in [0.4, 0.5) is 0 Å². The van der Waals surface area contributed by atoms with Crippen molar-refractivity contribution in [3.63, 3.8) is 0 Å². The molecule has 0 radical (unpaired) electrons. The zero-order valence-electron chi connectivity index (χ0n) is 8.23. The van der Waals surface area contributed by atoms with E-state index in [9.17, 15) is 4.79 Å². The van der Waals surface area contributed by atoms with Gasteiger partial charge < -0.3 is 10.6 Å². The molecule has 1 spiro atoms. The van der Waals surface area contributed by atoms with Crippen LogP contribution in [-0.2, 0) is 4.79 Å². The van der Waals surface area contributed by atoms with Gasteiger partial charge in [-0.2, -0.15) is 0 Å². The van der Waals surface area contributed by atoms with Gasteiger partial charge in [0.25, 0.3) is 0 Å². The minimum absolute atomic E-state index is 0.118. The molecule has 2 rings (SSSR count). The summed E-state index contributed by atoms with van der Waals surface area (Å²) in [4.78, 5) is 10.8. The third kappa shape index (κ3) is 1.85. The summed E-state index contributed by atoms with van der Waals surface area (Å²) in [7, 11) is 0.